The standard InChI is InChI=1S/C19H34O4/c1-3-4-5-9-17(20)12-11-16-8-6-13-19(22,15-16)14-7-10-18(21)23-2/h11-12,16-17,20,22H,3-10,13-15H2,1-2H3/t16-,17?,19-/m1/s1. The van der Waals surface area contributed by atoms with Crippen LogP contribution in [0.25, 0.3) is 0 Å². The summed E-state index contributed by atoms with van der Waals surface area (Å²) in [5.41, 5.74) is -0.672. The van der Waals surface area contributed by atoms with Gasteiger partial charge < -0.3 is 14.9 Å². The molecule has 134 valence electrons. The van der Waals surface area contributed by atoms with Gasteiger partial charge in [-0.25, -0.2) is 0 Å². The van der Waals surface area contributed by atoms with Gasteiger partial charge in [-0.15, -0.1) is 0 Å². The zero-order valence-corrected chi connectivity index (χ0v) is 14.8. The van der Waals surface area contributed by atoms with E-state index < -0.39 is 5.60 Å². The summed E-state index contributed by atoms with van der Waals surface area (Å²) in [4.78, 5) is 11.2. The Hall–Kier alpha value is -0.870. The van der Waals surface area contributed by atoms with E-state index in [2.05, 4.69) is 17.7 Å². The fourth-order valence-corrected chi connectivity index (χ4v) is 3.43. The molecule has 1 fully saturated rings. The Bertz CT molecular complexity index is 366. The van der Waals surface area contributed by atoms with E-state index in [4.69, 9.17) is 0 Å². The van der Waals surface area contributed by atoms with Gasteiger partial charge in [-0.05, 0) is 44.4 Å². The van der Waals surface area contributed by atoms with E-state index in [0.717, 1.165) is 51.4 Å². The molecular formula is C19H34O4. The number of ether oxygens (including phenoxy) is 1. The molecule has 0 aromatic carbocycles. The third-order valence-electron chi connectivity index (χ3n) is 4.82. The minimum atomic E-state index is -0.672. The summed E-state index contributed by atoms with van der Waals surface area (Å²) in [5, 5.41) is 20.7. The lowest BCUT2D eigenvalue weighted by Gasteiger charge is -2.36. The molecule has 1 rings (SSSR count). The maximum atomic E-state index is 11.2. The molecule has 3 atom stereocenters. The van der Waals surface area contributed by atoms with Crippen molar-refractivity contribution in [1.29, 1.82) is 0 Å². The van der Waals surface area contributed by atoms with Crippen LogP contribution in [0.5, 0.6) is 0 Å². The number of hydrogen-bond acceptors (Lipinski definition) is 4. The lowest BCUT2D eigenvalue weighted by molar-refractivity contribution is -0.141. The summed E-state index contributed by atoms with van der Waals surface area (Å²) >= 11 is 0. The van der Waals surface area contributed by atoms with Crippen LogP contribution in [-0.2, 0) is 9.53 Å². The van der Waals surface area contributed by atoms with Crippen molar-refractivity contribution in [2.45, 2.75) is 89.3 Å². The molecule has 23 heavy (non-hydrogen) atoms. The van der Waals surface area contributed by atoms with Gasteiger partial charge in [0.2, 0.25) is 0 Å². The average Bonchev–Trinajstić information content (AvgIpc) is 2.53. The first-order valence-electron chi connectivity index (χ1n) is 9.14. The van der Waals surface area contributed by atoms with E-state index in [-0.39, 0.29) is 12.1 Å². The maximum absolute atomic E-state index is 11.2. The van der Waals surface area contributed by atoms with Crippen molar-refractivity contribution < 1.29 is 19.7 Å². The van der Waals surface area contributed by atoms with Crippen LogP contribution in [0.15, 0.2) is 12.2 Å². The van der Waals surface area contributed by atoms with Crippen LogP contribution >= 0.6 is 0 Å². The fourth-order valence-electron chi connectivity index (χ4n) is 3.43. The molecule has 0 aromatic heterocycles. The normalized spacial score (nSPS) is 26.3. The zero-order chi connectivity index (χ0) is 17.1. The number of allylic oxidation sites excluding steroid dienone is 1. The van der Waals surface area contributed by atoms with Crippen LogP contribution in [0.4, 0.5) is 0 Å². The molecule has 0 amide bonds. The van der Waals surface area contributed by atoms with E-state index in [1.54, 1.807) is 0 Å². The Balaban J connectivity index is 2.36. The number of unbranched alkanes of at least 4 members (excludes halogenated alkanes) is 2. The molecule has 0 aromatic rings. The number of hydrogen-bond donors (Lipinski definition) is 2. The summed E-state index contributed by atoms with van der Waals surface area (Å²) in [6.07, 6.45) is 13.1. The second-order valence-electron chi connectivity index (χ2n) is 6.96. The van der Waals surface area contributed by atoms with E-state index in [1.165, 1.54) is 7.11 Å². The molecule has 4 heteroatoms. The highest BCUT2D eigenvalue weighted by Gasteiger charge is 2.33. The first-order valence-corrected chi connectivity index (χ1v) is 9.14. The summed E-state index contributed by atoms with van der Waals surface area (Å²) in [5.74, 6) is 0.115. The largest absolute Gasteiger partial charge is 0.469 e. The molecule has 2 N–H and O–H groups in total. The molecule has 0 radical (unpaired) electrons. The van der Waals surface area contributed by atoms with Gasteiger partial charge in [0.05, 0.1) is 18.8 Å². The van der Waals surface area contributed by atoms with Crippen LogP contribution in [0, 0.1) is 5.92 Å². The first kappa shape index (κ1) is 20.2. The van der Waals surface area contributed by atoms with Crippen LogP contribution in [0.2, 0.25) is 0 Å². The number of carbonyl (C=O) groups is 1. The smallest absolute Gasteiger partial charge is 0.305 e. The third-order valence-corrected chi connectivity index (χ3v) is 4.82. The number of rotatable bonds is 10. The molecule has 0 saturated heterocycles. The van der Waals surface area contributed by atoms with Gasteiger partial charge in [0.25, 0.3) is 0 Å². The zero-order valence-electron chi connectivity index (χ0n) is 14.8. The molecule has 1 saturated carbocycles. The molecule has 0 bridgehead atoms. The van der Waals surface area contributed by atoms with Crippen LogP contribution in [0.3, 0.4) is 0 Å². The monoisotopic (exact) mass is 326 g/mol. The molecule has 0 heterocycles. The van der Waals surface area contributed by atoms with Crippen molar-refractivity contribution in [2.24, 2.45) is 5.92 Å². The van der Waals surface area contributed by atoms with Crippen molar-refractivity contribution in [1.82, 2.24) is 0 Å². The minimum absolute atomic E-state index is 0.212. The van der Waals surface area contributed by atoms with E-state index in [9.17, 15) is 15.0 Å². The van der Waals surface area contributed by atoms with E-state index >= 15 is 0 Å². The molecule has 1 aliphatic carbocycles. The van der Waals surface area contributed by atoms with Crippen LogP contribution in [-0.4, -0.2) is 35.0 Å². The topological polar surface area (TPSA) is 66.8 Å². The van der Waals surface area contributed by atoms with Crippen molar-refractivity contribution in [3.05, 3.63) is 12.2 Å². The summed E-state index contributed by atoms with van der Waals surface area (Å²) < 4.78 is 4.64. The number of esters is 1. The molecular weight excluding hydrogens is 292 g/mol. The van der Waals surface area contributed by atoms with Gasteiger partial charge in [-0.1, -0.05) is 44.8 Å². The predicted molar refractivity (Wildman–Crippen MR) is 92.1 cm³/mol. The second-order valence-corrected chi connectivity index (χ2v) is 6.96. The van der Waals surface area contributed by atoms with Gasteiger partial charge in [-0.3, -0.25) is 4.79 Å². The Morgan fingerprint density at radius 2 is 2.17 bits per heavy atom. The first-order chi connectivity index (χ1) is 11.0. The Morgan fingerprint density at radius 3 is 2.87 bits per heavy atom. The van der Waals surface area contributed by atoms with Crippen LogP contribution in [0.1, 0.15) is 77.6 Å². The van der Waals surface area contributed by atoms with Crippen LogP contribution < -0.4 is 0 Å². The third kappa shape index (κ3) is 8.52. The van der Waals surface area contributed by atoms with Crippen molar-refractivity contribution in [2.75, 3.05) is 7.11 Å². The highest BCUT2D eigenvalue weighted by Crippen LogP contribution is 2.36. The molecule has 4 nitrogen and oxygen atoms in total. The quantitative estimate of drug-likeness (QED) is 0.364. The summed E-state index contributed by atoms with van der Waals surface area (Å²) in [7, 11) is 1.39. The van der Waals surface area contributed by atoms with E-state index in [0.29, 0.717) is 25.2 Å². The SMILES string of the molecule is CCCCCC(O)C=C[C@H]1CCC[C@@](O)(CCCC(=O)OC)C1. The van der Waals surface area contributed by atoms with Crippen molar-refractivity contribution >= 4 is 5.97 Å². The van der Waals surface area contributed by atoms with Crippen molar-refractivity contribution in [3.63, 3.8) is 0 Å². The lowest BCUT2D eigenvalue weighted by Crippen LogP contribution is -2.35. The highest BCUT2D eigenvalue weighted by molar-refractivity contribution is 5.68. The minimum Gasteiger partial charge on any atom is -0.469 e. The summed E-state index contributed by atoms with van der Waals surface area (Å²) in [6, 6.07) is 0. The van der Waals surface area contributed by atoms with E-state index in [1.807, 2.05) is 6.08 Å². The van der Waals surface area contributed by atoms with Gasteiger partial charge >= 0.3 is 5.97 Å². The van der Waals surface area contributed by atoms with Gasteiger partial charge in [-0.2, -0.15) is 0 Å². The van der Waals surface area contributed by atoms with Gasteiger partial charge in [0.1, 0.15) is 0 Å². The maximum Gasteiger partial charge on any atom is 0.305 e. The number of carbonyl (C=O) groups excluding carboxylic acids is 1. The fraction of sp³-hybridized carbons (Fsp3) is 0.842. The number of aliphatic hydroxyl groups excluding tert-OH is 1. The number of methoxy groups -OCH3 is 1. The Kier molecular flexibility index (Phi) is 9.49. The Morgan fingerprint density at radius 1 is 1.39 bits per heavy atom. The van der Waals surface area contributed by atoms with Gasteiger partial charge in [0.15, 0.2) is 0 Å². The lowest BCUT2D eigenvalue weighted by atomic mass is 9.75. The number of aliphatic hydroxyl groups is 2. The molecule has 1 aliphatic rings. The summed E-state index contributed by atoms with van der Waals surface area (Å²) in [6.45, 7) is 2.16. The second kappa shape index (κ2) is 10.8. The Labute approximate surface area is 140 Å². The molecule has 0 aliphatic heterocycles. The highest BCUT2D eigenvalue weighted by atomic mass is 16.5. The average molecular weight is 326 g/mol. The van der Waals surface area contributed by atoms with Crippen molar-refractivity contribution in [3.8, 4) is 0 Å². The molecule has 1 unspecified atom stereocenters. The molecule has 0 spiro atoms. The predicted octanol–water partition coefficient (Wildman–Crippen LogP) is 3.75. The van der Waals surface area contributed by atoms with Gasteiger partial charge in [0, 0.05) is 6.42 Å².